The Hall–Kier alpha value is -3.77. The normalized spacial score (nSPS) is 21.5. The van der Waals surface area contributed by atoms with Crippen LogP contribution in [0.2, 0.25) is 0 Å². The number of hydrogen-bond donors (Lipinski definition) is 0. The van der Waals surface area contributed by atoms with Crippen molar-refractivity contribution >= 4 is 35.9 Å². The second-order valence-corrected chi connectivity index (χ2v) is 11.9. The standard InChI is InChI=1S/C27H28N3O5P/c1-20(2)35-25(31)26(3)27(4,21-15-17-22(18-16-21)30(32)33)29(19-28-26)36(34,23-11-7-5-8-12-23)24-13-9-6-10-14-24/h5-20H,1-4H3/t26-,27-/m0/s1. The third-order valence-corrected chi connectivity index (χ3v) is 9.83. The predicted molar refractivity (Wildman–Crippen MR) is 140 cm³/mol. The molecule has 9 heteroatoms. The Bertz CT molecular complexity index is 1300. The fraction of sp³-hybridized carbons (Fsp3) is 0.259. The van der Waals surface area contributed by atoms with E-state index in [9.17, 15) is 14.9 Å². The summed E-state index contributed by atoms with van der Waals surface area (Å²) < 4.78 is 22.5. The zero-order valence-corrected chi connectivity index (χ0v) is 21.5. The van der Waals surface area contributed by atoms with E-state index < -0.39 is 35.4 Å². The minimum Gasteiger partial charge on any atom is -0.461 e. The van der Waals surface area contributed by atoms with Gasteiger partial charge in [-0.1, -0.05) is 36.4 Å². The van der Waals surface area contributed by atoms with Crippen LogP contribution in [0.5, 0.6) is 0 Å². The van der Waals surface area contributed by atoms with E-state index in [1.807, 2.05) is 36.4 Å². The van der Waals surface area contributed by atoms with Crippen LogP contribution in [-0.2, 0) is 19.6 Å². The molecule has 0 saturated carbocycles. The molecule has 186 valence electrons. The fourth-order valence-corrected chi connectivity index (χ4v) is 7.57. The van der Waals surface area contributed by atoms with Crippen LogP contribution in [0.15, 0.2) is 89.9 Å². The SMILES string of the molecule is CC(C)OC(=O)[C@]1(C)N=CN(P(=O)(c2ccccc2)c2ccccc2)[C@@]1(C)c1ccc([N+](=O)[O-])cc1. The Labute approximate surface area is 210 Å². The molecule has 3 aromatic rings. The van der Waals surface area contributed by atoms with Gasteiger partial charge in [-0.05, 0) is 69.7 Å². The highest BCUT2D eigenvalue weighted by atomic mass is 31.2. The smallest absolute Gasteiger partial charge is 0.336 e. The number of nitrogens with zero attached hydrogens (tertiary/aromatic N) is 3. The lowest BCUT2D eigenvalue weighted by atomic mass is 9.75. The van der Waals surface area contributed by atoms with E-state index in [0.29, 0.717) is 16.2 Å². The van der Waals surface area contributed by atoms with Crippen LogP contribution >= 0.6 is 7.29 Å². The number of rotatable bonds is 7. The van der Waals surface area contributed by atoms with E-state index in [4.69, 9.17) is 4.74 Å². The number of benzene rings is 3. The average Bonchev–Trinajstić information content (AvgIpc) is 3.17. The minimum absolute atomic E-state index is 0.0893. The summed E-state index contributed by atoms with van der Waals surface area (Å²) in [7, 11) is -3.60. The Balaban J connectivity index is 1.99. The summed E-state index contributed by atoms with van der Waals surface area (Å²) in [5.74, 6) is -0.579. The average molecular weight is 506 g/mol. The first-order chi connectivity index (χ1) is 17.0. The third-order valence-electron chi connectivity index (χ3n) is 6.73. The Morgan fingerprint density at radius 2 is 1.44 bits per heavy atom. The highest BCUT2D eigenvalue weighted by Crippen LogP contribution is 2.59. The lowest BCUT2D eigenvalue weighted by Gasteiger charge is -2.46. The number of hydrogen-bond acceptors (Lipinski definition) is 6. The number of ether oxygens (including phenoxy) is 1. The van der Waals surface area contributed by atoms with Crippen LogP contribution < -0.4 is 10.6 Å². The largest absolute Gasteiger partial charge is 0.461 e. The molecule has 1 heterocycles. The third kappa shape index (κ3) is 3.91. The molecule has 0 bridgehead atoms. The number of non-ortho nitro benzene ring substituents is 1. The molecule has 0 amide bonds. The highest BCUT2D eigenvalue weighted by Gasteiger charge is 2.63. The summed E-state index contributed by atoms with van der Waals surface area (Å²) in [5.41, 5.74) is -2.35. The molecule has 0 aromatic heterocycles. The minimum atomic E-state index is -3.60. The quantitative estimate of drug-likeness (QED) is 0.198. The van der Waals surface area contributed by atoms with E-state index in [2.05, 4.69) is 4.99 Å². The second-order valence-electron chi connectivity index (χ2n) is 9.24. The molecule has 36 heavy (non-hydrogen) atoms. The summed E-state index contributed by atoms with van der Waals surface area (Å²) >= 11 is 0. The van der Waals surface area contributed by atoms with Crippen LogP contribution in [-0.4, -0.2) is 33.5 Å². The summed E-state index contributed by atoms with van der Waals surface area (Å²) in [6.07, 6.45) is 1.07. The molecule has 1 aliphatic rings. The zero-order valence-electron chi connectivity index (χ0n) is 20.6. The van der Waals surface area contributed by atoms with Crippen molar-refractivity contribution in [3.05, 3.63) is 101 Å². The molecule has 0 unspecified atom stereocenters. The van der Waals surface area contributed by atoms with Gasteiger partial charge in [-0.3, -0.25) is 24.3 Å². The lowest BCUT2D eigenvalue weighted by Crippen LogP contribution is -2.57. The first kappa shape index (κ1) is 25.3. The molecule has 0 fully saturated rings. The maximum Gasteiger partial charge on any atom is 0.336 e. The first-order valence-electron chi connectivity index (χ1n) is 11.6. The molecular weight excluding hydrogens is 477 g/mol. The molecule has 0 N–H and O–H groups in total. The summed E-state index contributed by atoms with van der Waals surface area (Å²) in [6.45, 7) is 6.93. The lowest BCUT2D eigenvalue weighted by molar-refractivity contribution is -0.384. The van der Waals surface area contributed by atoms with Crippen molar-refractivity contribution < 1.29 is 19.0 Å². The van der Waals surface area contributed by atoms with E-state index in [0.717, 1.165) is 0 Å². The van der Waals surface area contributed by atoms with Gasteiger partial charge >= 0.3 is 5.97 Å². The second kappa shape index (κ2) is 9.36. The molecule has 4 rings (SSSR count). The topological polar surface area (TPSA) is 102 Å². The van der Waals surface area contributed by atoms with E-state index in [1.165, 1.54) is 18.5 Å². The molecule has 0 spiro atoms. The number of nitro benzene ring substituents is 1. The van der Waals surface area contributed by atoms with Crippen molar-refractivity contribution in [1.82, 2.24) is 4.67 Å². The van der Waals surface area contributed by atoms with Gasteiger partial charge in [-0.2, -0.15) is 0 Å². The van der Waals surface area contributed by atoms with Gasteiger partial charge in [0.25, 0.3) is 5.69 Å². The molecule has 1 aliphatic heterocycles. The van der Waals surface area contributed by atoms with Gasteiger partial charge in [0.15, 0.2) is 5.54 Å². The van der Waals surface area contributed by atoms with Crippen molar-refractivity contribution in [2.45, 2.75) is 44.9 Å². The van der Waals surface area contributed by atoms with Crippen molar-refractivity contribution in [2.75, 3.05) is 0 Å². The van der Waals surface area contributed by atoms with Crippen molar-refractivity contribution in [1.29, 1.82) is 0 Å². The summed E-state index contributed by atoms with van der Waals surface area (Å²) in [4.78, 5) is 29.0. The van der Waals surface area contributed by atoms with Gasteiger partial charge in [-0.25, -0.2) is 4.79 Å². The van der Waals surface area contributed by atoms with Gasteiger partial charge in [0, 0.05) is 22.7 Å². The molecule has 0 saturated heterocycles. The van der Waals surface area contributed by atoms with Crippen LogP contribution in [0.3, 0.4) is 0 Å². The molecule has 0 aliphatic carbocycles. The van der Waals surface area contributed by atoms with Crippen molar-refractivity contribution in [3.8, 4) is 0 Å². The summed E-state index contributed by atoms with van der Waals surface area (Å²) in [6, 6.07) is 24.0. The van der Waals surface area contributed by atoms with E-state index in [1.54, 1.807) is 68.8 Å². The van der Waals surface area contributed by atoms with E-state index >= 15 is 4.57 Å². The van der Waals surface area contributed by atoms with Crippen LogP contribution in [0.4, 0.5) is 5.69 Å². The van der Waals surface area contributed by atoms with Gasteiger partial charge in [0.05, 0.1) is 17.4 Å². The molecule has 3 aromatic carbocycles. The van der Waals surface area contributed by atoms with Gasteiger partial charge < -0.3 is 4.74 Å². The molecular formula is C27H28N3O5P. The zero-order chi connectivity index (χ0) is 26.1. The Morgan fingerprint density at radius 1 is 0.944 bits per heavy atom. The van der Waals surface area contributed by atoms with Gasteiger partial charge in [0.2, 0.25) is 7.29 Å². The molecule has 8 nitrogen and oxygen atoms in total. The fourth-order valence-electron chi connectivity index (χ4n) is 4.55. The van der Waals surface area contributed by atoms with Gasteiger partial charge in [0.1, 0.15) is 5.54 Å². The maximum absolute atomic E-state index is 15.3. The van der Waals surface area contributed by atoms with Crippen molar-refractivity contribution in [3.63, 3.8) is 0 Å². The predicted octanol–water partition coefficient (Wildman–Crippen LogP) is 4.79. The maximum atomic E-state index is 15.3. The summed E-state index contributed by atoms with van der Waals surface area (Å²) in [5, 5.41) is 12.4. The monoisotopic (exact) mass is 505 g/mol. The van der Waals surface area contributed by atoms with Crippen LogP contribution in [0.1, 0.15) is 33.3 Å². The number of carbonyl (C=O) groups excluding carboxylic acids is 1. The van der Waals surface area contributed by atoms with Crippen LogP contribution in [0, 0.1) is 10.1 Å². The molecule has 2 atom stereocenters. The number of esters is 1. The molecule has 0 radical (unpaired) electrons. The highest BCUT2D eigenvalue weighted by molar-refractivity contribution is 7.77. The van der Waals surface area contributed by atoms with Gasteiger partial charge in [-0.15, -0.1) is 0 Å². The Morgan fingerprint density at radius 3 is 1.89 bits per heavy atom. The number of aliphatic imine (C=N–C) groups is 1. The number of nitro groups is 1. The Kier molecular flexibility index (Phi) is 6.58. The van der Waals surface area contributed by atoms with E-state index in [-0.39, 0.29) is 5.69 Å². The van der Waals surface area contributed by atoms with Crippen molar-refractivity contribution in [2.24, 2.45) is 4.99 Å². The number of carbonyl (C=O) groups is 1. The van der Waals surface area contributed by atoms with Crippen LogP contribution in [0.25, 0.3) is 0 Å². The first-order valence-corrected chi connectivity index (χ1v) is 13.2.